The van der Waals surface area contributed by atoms with Gasteiger partial charge in [-0.3, -0.25) is 0 Å². The van der Waals surface area contributed by atoms with Crippen molar-refractivity contribution in [1.29, 1.82) is 0 Å². The lowest BCUT2D eigenvalue weighted by molar-refractivity contribution is 0.514. The molecule has 0 amide bonds. The molecule has 1 aliphatic rings. The minimum atomic E-state index is -0.496. The zero-order chi connectivity index (χ0) is 12.3. The third kappa shape index (κ3) is 3.68. The molecule has 4 heteroatoms. The molecule has 1 aliphatic heterocycles. The van der Waals surface area contributed by atoms with Crippen LogP contribution in [0.4, 0.5) is 8.78 Å². The first kappa shape index (κ1) is 12.8. The van der Waals surface area contributed by atoms with Crippen molar-refractivity contribution in [2.75, 3.05) is 12.3 Å². The SMILES string of the molecule is CC1SCCC1NCCc1cc(F)cc(F)c1. The van der Waals surface area contributed by atoms with Gasteiger partial charge in [0.15, 0.2) is 0 Å². The molecule has 1 N–H and O–H groups in total. The molecule has 0 aromatic heterocycles. The van der Waals surface area contributed by atoms with E-state index < -0.39 is 11.6 Å². The largest absolute Gasteiger partial charge is 0.313 e. The van der Waals surface area contributed by atoms with Crippen LogP contribution < -0.4 is 5.32 Å². The van der Waals surface area contributed by atoms with Gasteiger partial charge in [0.25, 0.3) is 0 Å². The number of halogens is 2. The standard InChI is InChI=1S/C13H17F2NS/c1-9-13(3-5-17-9)16-4-2-10-6-11(14)8-12(15)7-10/h6-9,13,16H,2-5H2,1H3. The fourth-order valence-electron chi connectivity index (χ4n) is 2.16. The van der Waals surface area contributed by atoms with Crippen LogP contribution in [0.25, 0.3) is 0 Å². The van der Waals surface area contributed by atoms with Gasteiger partial charge in [-0.05, 0) is 42.8 Å². The van der Waals surface area contributed by atoms with Gasteiger partial charge in [-0.25, -0.2) is 8.78 Å². The number of thioether (sulfide) groups is 1. The fourth-order valence-corrected chi connectivity index (χ4v) is 3.38. The molecule has 0 radical (unpaired) electrons. The van der Waals surface area contributed by atoms with E-state index in [1.165, 1.54) is 24.3 Å². The summed E-state index contributed by atoms with van der Waals surface area (Å²) in [5, 5.41) is 4.09. The van der Waals surface area contributed by atoms with Gasteiger partial charge >= 0.3 is 0 Å². The Kier molecular flexibility index (Phi) is 4.40. The highest BCUT2D eigenvalue weighted by molar-refractivity contribution is 8.00. The Morgan fingerprint density at radius 2 is 2.00 bits per heavy atom. The Balaban J connectivity index is 1.81. The topological polar surface area (TPSA) is 12.0 Å². The first-order valence-corrected chi connectivity index (χ1v) is 7.00. The van der Waals surface area contributed by atoms with E-state index in [1.54, 1.807) is 0 Å². The molecule has 0 bridgehead atoms. The predicted molar refractivity (Wildman–Crippen MR) is 68.4 cm³/mol. The van der Waals surface area contributed by atoms with Gasteiger partial charge < -0.3 is 5.32 Å². The Morgan fingerprint density at radius 1 is 1.29 bits per heavy atom. The van der Waals surface area contributed by atoms with Crippen molar-refractivity contribution in [2.24, 2.45) is 0 Å². The second-order valence-corrected chi connectivity index (χ2v) is 5.94. The molecule has 2 unspecified atom stereocenters. The summed E-state index contributed by atoms with van der Waals surface area (Å²) in [6.45, 7) is 3.00. The summed E-state index contributed by atoms with van der Waals surface area (Å²) in [5.74, 6) is 0.211. The highest BCUT2D eigenvalue weighted by atomic mass is 32.2. The Bertz CT molecular complexity index is 363. The molecule has 1 nitrogen and oxygen atoms in total. The van der Waals surface area contributed by atoms with Crippen LogP contribution in [-0.2, 0) is 6.42 Å². The monoisotopic (exact) mass is 257 g/mol. The van der Waals surface area contributed by atoms with Crippen LogP contribution in [0.15, 0.2) is 18.2 Å². The van der Waals surface area contributed by atoms with Crippen molar-refractivity contribution >= 4 is 11.8 Å². The number of hydrogen-bond donors (Lipinski definition) is 1. The van der Waals surface area contributed by atoms with Crippen LogP contribution in [0.5, 0.6) is 0 Å². The van der Waals surface area contributed by atoms with E-state index >= 15 is 0 Å². The van der Waals surface area contributed by atoms with Gasteiger partial charge in [0.1, 0.15) is 11.6 Å². The first-order chi connectivity index (χ1) is 8.15. The Labute approximate surface area is 105 Å². The van der Waals surface area contributed by atoms with Crippen molar-refractivity contribution in [3.63, 3.8) is 0 Å². The summed E-state index contributed by atoms with van der Waals surface area (Å²) in [7, 11) is 0. The van der Waals surface area contributed by atoms with E-state index in [2.05, 4.69) is 12.2 Å². The lowest BCUT2D eigenvalue weighted by Gasteiger charge is -2.16. The van der Waals surface area contributed by atoms with Crippen LogP contribution in [0, 0.1) is 11.6 Å². The molecule has 0 saturated carbocycles. The molecule has 0 spiro atoms. The van der Waals surface area contributed by atoms with Crippen LogP contribution in [-0.4, -0.2) is 23.6 Å². The van der Waals surface area contributed by atoms with Gasteiger partial charge in [-0.15, -0.1) is 0 Å². The van der Waals surface area contributed by atoms with Gasteiger partial charge in [0, 0.05) is 17.4 Å². The van der Waals surface area contributed by atoms with Crippen LogP contribution in [0.2, 0.25) is 0 Å². The highest BCUT2D eigenvalue weighted by Crippen LogP contribution is 2.25. The van der Waals surface area contributed by atoms with Crippen molar-refractivity contribution in [3.8, 4) is 0 Å². The van der Waals surface area contributed by atoms with E-state index in [9.17, 15) is 8.78 Å². The van der Waals surface area contributed by atoms with Gasteiger partial charge in [-0.2, -0.15) is 11.8 Å². The minimum Gasteiger partial charge on any atom is -0.313 e. The smallest absolute Gasteiger partial charge is 0.126 e. The van der Waals surface area contributed by atoms with Crippen molar-refractivity contribution in [1.82, 2.24) is 5.32 Å². The van der Waals surface area contributed by atoms with Crippen LogP contribution >= 0.6 is 11.8 Å². The molecule has 94 valence electrons. The fraction of sp³-hybridized carbons (Fsp3) is 0.538. The van der Waals surface area contributed by atoms with Crippen molar-refractivity contribution in [3.05, 3.63) is 35.4 Å². The highest BCUT2D eigenvalue weighted by Gasteiger charge is 2.22. The number of rotatable bonds is 4. The quantitative estimate of drug-likeness (QED) is 0.890. The van der Waals surface area contributed by atoms with Gasteiger partial charge in [0.05, 0.1) is 0 Å². The van der Waals surface area contributed by atoms with E-state index in [0.717, 1.165) is 12.6 Å². The van der Waals surface area contributed by atoms with Crippen LogP contribution in [0.3, 0.4) is 0 Å². The van der Waals surface area contributed by atoms with E-state index in [1.807, 2.05) is 11.8 Å². The molecular formula is C13H17F2NS. The van der Waals surface area contributed by atoms with E-state index in [4.69, 9.17) is 0 Å². The maximum Gasteiger partial charge on any atom is 0.126 e. The maximum absolute atomic E-state index is 13.0. The summed E-state index contributed by atoms with van der Waals surface area (Å²) in [6.07, 6.45) is 1.85. The Hall–Kier alpha value is -0.610. The molecular weight excluding hydrogens is 240 g/mol. The van der Waals surface area contributed by atoms with Crippen LogP contribution in [0.1, 0.15) is 18.9 Å². The summed E-state index contributed by atoms with van der Waals surface area (Å²) in [6, 6.07) is 4.25. The number of benzene rings is 1. The average molecular weight is 257 g/mol. The Morgan fingerprint density at radius 3 is 2.59 bits per heavy atom. The summed E-state index contributed by atoms with van der Waals surface area (Å²) < 4.78 is 25.9. The van der Waals surface area contributed by atoms with E-state index in [0.29, 0.717) is 23.3 Å². The number of nitrogens with one attached hydrogen (secondary N) is 1. The molecule has 2 rings (SSSR count). The molecule has 1 fully saturated rings. The molecule has 2 atom stereocenters. The molecule has 1 heterocycles. The molecule has 17 heavy (non-hydrogen) atoms. The third-order valence-corrected chi connectivity index (χ3v) is 4.44. The van der Waals surface area contributed by atoms with Crippen molar-refractivity contribution in [2.45, 2.75) is 31.1 Å². The average Bonchev–Trinajstić information content (AvgIpc) is 2.63. The molecule has 1 saturated heterocycles. The summed E-state index contributed by atoms with van der Waals surface area (Å²) in [4.78, 5) is 0. The third-order valence-electron chi connectivity index (χ3n) is 3.12. The lowest BCUT2D eigenvalue weighted by Crippen LogP contribution is -2.34. The van der Waals surface area contributed by atoms with Crippen molar-refractivity contribution < 1.29 is 8.78 Å². The predicted octanol–water partition coefficient (Wildman–Crippen LogP) is 2.99. The summed E-state index contributed by atoms with van der Waals surface area (Å²) >= 11 is 1.97. The summed E-state index contributed by atoms with van der Waals surface area (Å²) in [5.41, 5.74) is 0.716. The molecule has 1 aromatic carbocycles. The zero-order valence-corrected chi connectivity index (χ0v) is 10.7. The maximum atomic E-state index is 13.0. The first-order valence-electron chi connectivity index (χ1n) is 5.95. The molecule has 1 aromatic rings. The zero-order valence-electron chi connectivity index (χ0n) is 9.88. The lowest BCUT2D eigenvalue weighted by atomic mass is 10.1. The van der Waals surface area contributed by atoms with Gasteiger partial charge in [0.2, 0.25) is 0 Å². The molecule has 0 aliphatic carbocycles. The second-order valence-electron chi connectivity index (χ2n) is 4.45. The second kappa shape index (κ2) is 5.83. The normalized spacial score (nSPS) is 24.2. The number of hydrogen-bond acceptors (Lipinski definition) is 2. The van der Waals surface area contributed by atoms with Gasteiger partial charge in [-0.1, -0.05) is 6.92 Å². The van der Waals surface area contributed by atoms with E-state index in [-0.39, 0.29) is 0 Å². The minimum absolute atomic E-state index is 0.496.